The van der Waals surface area contributed by atoms with Crippen LogP contribution in [0, 0.1) is 0 Å². The van der Waals surface area contributed by atoms with Crippen LogP contribution >= 0.6 is 11.6 Å². The first kappa shape index (κ1) is 16.8. The Labute approximate surface area is 164 Å². The third-order valence-electron chi connectivity index (χ3n) is 4.48. The van der Waals surface area contributed by atoms with Crippen molar-refractivity contribution < 1.29 is 23.7 Å². The molecule has 3 aromatic rings. The third-order valence-corrected chi connectivity index (χ3v) is 4.81. The predicted octanol–water partition coefficient (Wildman–Crippen LogP) is 4.32. The summed E-state index contributed by atoms with van der Waals surface area (Å²) in [6, 6.07) is 8.89. The van der Waals surface area contributed by atoms with E-state index in [2.05, 4.69) is 9.98 Å². The molecule has 7 nitrogen and oxygen atoms in total. The van der Waals surface area contributed by atoms with Crippen LogP contribution in [0.2, 0.25) is 5.02 Å². The lowest BCUT2D eigenvalue weighted by molar-refractivity contribution is 0.100. The van der Waals surface area contributed by atoms with Crippen molar-refractivity contribution in [2.24, 2.45) is 4.99 Å². The number of hydrogen-bond acceptors (Lipinski definition) is 7. The van der Waals surface area contributed by atoms with Gasteiger partial charge in [0, 0.05) is 41.9 Å². The van der Waals surface area contributed by atoms with Crippen molar-refractivity contribution in [3.8, 4) is 23.0 Å². The molecule has 4 heterocycles. The number of halogens is 1. The number of hydrogen-bond donors (Lipinski definition) is 0. The molecule has 0 spiro atoms. The zero-order valence-corrected chi connectivity index (χ0v) is 15.2. The quantitative estimate of drug-likeness (QED) is 0.563. The van der Waals surface area contributed by atoms with E-state index >= 15 is 0 Å². The Hall–Kier alpha value is -3.32. The number of rotatable bonds is 0. The second kappa shape index (κ2) is 6.69. The van der Waals surface area contributed by atoms with E-state index in [1.165, 1.54) is 0 Å². The fraction of sp³-hybridized carbons (Fsp3) is 0.150. The van der Waals surface area contributed by atoms with Crippen LogP contribution in [0.1, 0.15) is 16.8 Å². The van der Waals surface area contributed by atoms with Gasteiger partial charge in [-0.1, -0.05) is 11.6 Å². The van der Waals surface area contributed by atoms with Gasteiger partial charge in [0.05, 0.1) is 16.2 Å². The molecular weight excluding hydrogens is 384 g/mol. The van der Waals surface area contributed by atoms with Crippen molar-refractivity contribution >= 4 is 40.2 Å². The summed E-state index contributed by atoms with van der Waals surface area (Å²) in [5, 5.41) is 1.56. The number of benzene rings is 2. The summed E-state index contributed by atoms with van der Waals surface area (Å²) in [5.41, 5.74) is 2.11. The van der Waals surface area contributed by atoms with Crippen molar-refractivity contribution in [3.05, 3.63) is 47.1 Å². The molecule has 3 aliphatic heterocycles. The number of carbonyl (C=O) groups is 1. The SMILES string of the molecule is Clc1ccnc2cc3c(cc12)OCO3.O=C1CC=Nc2cc3c(cc21)OCO3. The van der Waals surface area contributed by atoms with Crippen molar-refractivity contribution in [2.75, 3.05) is 13.6 Å². The molecule has 8 heteroatoms. The van der Waals surface area contributed by atoms with Crippen LogP contribution in [0.15, 0.2) is 41.5 Å². The van der Waals surface area contributed by atoms with E-state index in [1.807, 2.05) is 12.1 Å². The molecule has 0 N–H and O–H groups in total. The van der Waals surface area contributed by atoms with Crippen molar-refractivity contribution in [3.63, 3.8) is 0 Å². The molecule has 0 bridgehead atoms. The fourth-order valence-electron chi connectivity index (χ4n) is 3.10. The molecule has 0 aliphatic carbocycles. The average Bonchev–Trinajstić information content (AvgIpc) is 3.35. The Morgan fingerprint density at radius 1 is 0.893 bits per heavy atom. The van der Waals surface area contributed by atoms with Crippen LogP contribution in [0.4, 0.5) is 5.69 Å². The van der Waals surface area contributed by atoms with Gasteiger partial charge >= 0.3 is 0 Å². The summed E-state index contributed by atoms with van der Waals surface area (Å²) >= 11 is 6.02. The zero-order valence-electron chi connectivity index (χ0n) is 14.5. The highest BCUT2D eigenvalue weighted by atomic mass is 35.5. The van der Waals surface area contributed by atoms with Crippen LogP contribution in [-0.4, -0.2) is 30.6 Å². The van der Waals surface area contributed by atoms with E-state index < -0.39 is 0 Å². The standard InChI is InChI=1S/C10H6ClNO2.C10H7NO3/c11-7-1-2-12-8-4-10-9(3-6(7)8)13-5-14-10;12-8-1-2-11-7-4-10-9(3-6(7)8)13-5-14-10/h1-4H,5H2;2-4H,1,5H2. The van der Waals surface area contributed by atoms with E-state index in [9.17, 15) is 4.79 Å². The molecule has 28 heavy (non-hydrogen) atoms. The number of aliphatic imine (C=N–C) groups is 1. The number of ether oxygens (including phenoxy) is 4. The Morgan fingerprint density at radius 2 is 1.57 bits per heavy atom. The Morgan fingerprint density at radius 3 is 2.36 bits per heavy atom. The van der Waals surface area contributed by atoms with E-state index in [-0.39, 0.29) is 19.4 Å². The molecule has 2 aromatic carbocycles. The van der Waals surface area contributed by atoms with Gasteiger partial charge < -0.3 is 18.9 Å². The maximum Gasteiger partial charge on any atom is 0.231 e. The maximum atomic E-state index is 11.5. The highest BCUT2D eigenvalue weighted by Gasteiger charge is 2.21. The van der Waals surface area contributed by atoms with Crippen molar-refractivity contribution in [1.29, 1.82) is 0 Å². The molecule has 0 saturated carbocycles. The lowest BCUT2D eigenvalue weighted by atomic mass is 10.0. The predicted molar refractivity (Wildman–Crippen MR) is 103 cm³/mol. The van der Waals surface area contributed by atoms with Gasteiger partial charge in [-0.05, 0) is 18.2 Å². The summed E-state index contributed by atoms with van der Waals surface area (Å²) in [7, 11) is 0. The minimum Gasteiger partial charge on any atom is -0.454 e. The molecule has 3 aliphatic rings. The first-order valence-corrected chi connectivity index (χ1v) is 8.90. The number of carbonyl (C=O) groups excluding carboxylic acids is 1. The molecular formula is C20H13ClN2O5. The number of ketones is 1. The average molecular weight is 397 g/mol. The Kier molecular flexibility index (Phi) is 4.02. The van der Waals surface area contributed by atoms with E-state index in [0.717, 1.165) is 22.4 Å². The van der Waals surface area contributed by atoms with Gasteiger partial charge in [-0.25, -0.2) is 0 Å². The second-order valence-corrected chi connectivity index (χ2v) is 6.58. The largest absolute Gasteiger partial charge is 0.454 e. The van der Waals surface area contributed by atoms with E-state index in [4.69, 9.17) is 30.5 Å². The van der Waals surface area contributed by atoms with Crippen LogP contribution in [-0.2, 0) is 0 Å². The normalized spacial score (nSPS) is 15.2. The molecule has 0 unspecified atom stereocenters. The lowest BCUT2D eigenvalue weighted by Crippen LogP contribution is -2.04. The van der Waals surface area contributed by atoms with E-state index in [0.29, 0.717) is 34.2 Å². The van der Waals surface area contributed by atoms with Gasteiger partial charge in [0.1, 0.15) is 0 Å². The van der Waals surface area contributed by atoms with Crippen LogP contribution in [0.5, 0.6) is 23.0 Å². The number of aromatic nitrogens is 1. The topological polar surface area (TPSA) is 79.2 Å². The van der Waals surface area contributed by atoms with E-state index in [1.54, 1.807) is 30.6 Å². The first-order valence-electron chi connectivity index (χ1n) is 8.52. The summed E-state index contributed by atoms with van der Waals surface area (Å²) in [6.45, 7) is 0.486. The van der Waals surface area contributed by atoms with Crippen LogP contribution < -0.4 is 18.9 Å². The molecule has 0 radical (unpaired) electrons. The number of pyridine rings is 1. The van der Waals surface area contributed by atoms with Crippen molar-refractivity contribution in [1.82, 2.24) is 4.98 Å². The molecule has 1 aromatic heterocycles. The van der Waals surface area contributed by atoms with Gasteiger partial charge in [0.2, 0.25) is 13.6 Å². The van der Waals surface area contributed by atoms with Gasteiger partial charge in [-0.3, -0.25) is 14.8 Å². The third kappa shape index (κ3) is 2.90. The number of nitrogens with zero attached hydrogens (tertiary/aromatic N) is 2. The first-order chi connectivity index (χ1) is 13.7. The highest BCUT2D eigenvalue weighted by Crippen LogP contribution is 2.39. The zero-order chi connectivity index (χ0) is 19.1. The summed E-state index contributed by atoms with van der Waals surface area (Å²) in [6.07, 6.45) is 3.66. The molecule has 0 fully saturated rings. The summed E-state index contributed by atoms with van der Waals surface area (Å²) < 4.78 is 20.9. The minimum absolute atomic E-state index is 0.0771. The van der Waals surface area contributed by atoms with Gasteiger partial charge in [-0.2, -0.15) is 0 Å². The summed E-state index contributed by atoms with van der Waals surface area (Å²) in [5.74, 6) is 2.83. The lowest BCUT2D eigenvalue weighted by Gasteiger charge is -2.08. The Bertz CT molecular complexity index is 1150. The van der Waals surface area contributed by atoms with Gasteiger partial charge in [0.15, 0.2) is 28.8 Å². The molecule has 0 atom stereocenters. The Balaban J connectivity index is 0.000000122. The van der Waals surface area contributed by atoms with Crippen LogP contribution in [0.3, 0.4) is 0 Å². The molecule has 0 saturated heterocycles. The number of fused-ring (bicyclic) bond motifs is 4. The van der Waals surface area contributed by atoms with Crippen molar-refractivity contribution in [2.45, 2.75) is 6.42 Å². The fourth-order valence-corrected chi connectivity index (χ4v) is 3.31. The maximum absolute atomic E-state index is 11.5. The monoisotopic (exact) mass is 396 g/mol. The molecule has 0 amide bonds. The molecule has 6 rings (SSSR count). The molecule has 140 valence electrons. The van der Waals surface area contributed by atoms with Crippen LogP contribution in [0.25, 0.3) is 10.9 Å². The smallest absolute Gasteiger partial charge is 0.231 e. The second-order valence-electron chi connectivity index (χ2n) is 6.18. The minimum atomic E-state index is 0.0771. The van der Waals surface area contributed by atoms with Gasteiger partial charge in [-0.15, -0.1) is 0 Å². The number of Topliss-reactive ketones (excluding diaryl/α,β-unsaturated/α-hetero) is 1. The summed E-state index contributed by atoms with van der Waals surface area (Å²) in [4.78, 5) is 19.8. The highest BCUT2D eigenvalue weighted by molar-refractivity contribution is 6.35. The van der Waals surface area contributed by atoms with Gasteiger partial charge in [0.25, 0.3) is 0 Å².